The number of pyridine rings is 1. The van der Waals surface area contributed by atoms with Gasteiger partial charge in [0.25, 0.3) is 0 Å². The lowest BCUT2D eigenvalue weighted by molar-refractivity contribution is -0.146. The molecule has 2 aliphatic heterocycles. The number of amides is 2. The van der Waals surface area contributed by atoms with Crippen molar-refractivity contribution >= 4 is 40.0 Å². The number of benzene rings is 1. The van der Waals surface area contributed by atoms with Crippen LogP contribution in [0.15, 0.2) is 35.7 Å². The number of rotatable bonds is 6. The number of ether oxygens (including phenoxy) is 3. The molecule has 2 aromatic heterocycles. The highest BCUT2D eigenvalue weighted by atomic mass is 32.1. The molecule has 1 unspecified atom stereocenters. The smallest absolute Gasteiger partial charge is 0.330 e. The monoisotopic (exact) mass is 648 g/mol. The molecular weight excluding hydrogens is 608 g/mol. The Balaban J connectivity index is 1.33. The Morgan fingerprint density at radius 1 is 1.22 bits per heavy atom. The number of carbonyl (C=O) groups is 3. The van der Waals surface area contributed by atoms with E-state index in [0.717, 1.165) is 40.9 Å². The first-order chi connectivity index (χ1) is 22.1. The SMILES string of the molecule is COc1ccc2c(OC3C[C@H]4C(=O)N[C@]5(C(=O)O)C[C@H]5/C=C\CCCCOCC(=O)N4C3)cc(-c3nc(C(C)C)cs3)nc2c1C. The molecule has 4 atom stereocenters. The molecule has 2 amide bonds. The van der Waals surface area contributed by atoms with Gasteiger partial charge in [-0.05, 0) is 50.7 Å². The maximum Gasteiger partial charge on any atom is 0.330 e. The molecule has 0 spiro atoms. The number of allylic oxidation sites excluding steroid dienone is 1. The lowest BCUT2D eigenvalue weighted by Crippen LogP contribution is -2.53. The minimum atomic E-state index is -1.37. The number of thiazole rings is 1. The first-order valence-corrected chi connectivity index (χ1v) is 16.7. The number of aliphatic carboxylic acids is 1. The Hall–Kier alpha value is -4.03. The van der Waals surface area contributed by atoms with Crippen LogP contribution in [0.1, 0.15) is 63.1 Å². The fourth-order valence-electron chi connectivity index (χ4n) is 6.30. The highest BCUT2D eigenvalue weighted by Gasteiger charge is 2.61. The Labute approximate surface area is 272 Å². The quantitative estimate of drug-likeness (QED) is 0.359. The molecule has 3 aromatic rings. The van der Waals surface area contributed by atoms with Crippen LogP contribution in [0.25, 0.3) is 21.6 Å². The zero-order valence-electron chi connectivity index (χ0n) is 26.6. The molecule has 1 aliphatic carbocycles. The van der Waals surface area contributed by atoms with Crippen molar-refractivity contribution in [3.63, 3.8) is 0 Å². The molecule has 2 fully saturated rings. The van der Waals surface area contributed by atoms with Crippen molar-refractivity contribution in [3.8, 4) is 22.2 Å². The molecule has 12 heteroatoms. The minimum Gasteiger partial charge on any atom is -0.496 e. The summed E-state index contributed by atoms with van der Waals surface area (Å²) in [5.74, 6) is -0.688. The van der Waals surface area contributed by atoms with E-state index in [1.807, 2.05) is 42.7 Å². The fourth-order valence-corrected chi connectivity index (χ4v) is 7.24. The Morgan fingerprint density at radius 3 is 2.78 bits per heavy atom. The molecule has 2 N–H and O–H groups in total. The van der Waals surface area contributed by atoms with Crippen LogP contribution in [-0.4, -0.2) is 82.3 Å². The van der Waals surface area contributed by atoms with Gasteiger partial charge in [-0.15, -0.1) is 11.3 Å². The summed E-state index contributed by atoms with van der Waals surface area (Å²) in [6, 6.07) is 4.71. The van der Waals surface area contributed by atoms with Crippen LogP contribution in [0.5, 0.6) is 11.5 Å². The molecule has 1 aromatic carbocycles. The van der Waals surface area contributed by atoms with Crippen molar-refractivity contribution < 1.29 is 33.7 Å². The summed E-state index contributed by atoms with van der Waals surface area (Å²) >= 11 is 1.51. The van der Waals surface area contributed by atoms with Gasteiger partial charge in [-0.1, -0.05) is 26.0 Å². The van der Waals surface area contributed by atoms with Crippen molar-refractivity contribution in [1.29, 1.82) is 0 Å². The second-order valence-corrected chi connectivity index (χ2v) is 13.5. The third-order valence-electron chi connectivity index (χ3n) is 9.12. The van der Waals surface area contributed by atoms with E-state index in [-0.39, 0.29) is 37.3 Å². The maximum absolute atomic E-state index is 13.7. The van der Waals surface area contributed by atoms with E-state index in [1.165, 1.54) is 16.2 Å². The molecule has 3 aliphatic rings. The number of nitrogens with one attached hydrogen (secondary N) is 1. The van der Waals surface area contributed by atoms with Gasteiger partial charge >= 0.3 is 5.97 Å². The fraction of sp³-hybridized carbons (Fsp3) is 0.500. The van der Waals surface area contributed by atoms with Gasteiger partial charge in [0.2, 0.25) is 11.8 Å². The summed E-state index contributed by atoms with van der Waals surface area (Å²) < 4.78 is 17.9. The lowest BCUT2D eigenvalue weighted by Gasteiger charge is -2.25. The standard InChI is InChI=1S/C34H40N4O7S/c1-19(2)25-18-46-32(36-25)24-14-28(23-10-11-27(43-4)20(3)30(23)35-24)45-22-13-26-31(40)37-34(33(41)42)15-21(34)9-7-5-6-8-12-44-17-29(39)38(26)16-22/h7,9-11,14,18-19,21-22,26H,5-6,8,12-13,15-17H2,1-4H3,(H,37,40)(H,41,42)/b9-7-/t21-,22?,26+,34-/m1/s1. The van der Waals surface area contributed by atoms with Gasteiger partial charge in [0.15, 0.2) is 0 Å². The number of carbonyl (C=O) groups excluding carboxylic acids is 2. The van der Waals surface area contributed by atoms with Crippen LogP contribution in [-0.2, 0) is 19.1 Å². The van der Waals surface area contributed by atoms with Gasteiger partial charge in [0, 0.05) is 41.3 Å². The predicted molar refractivity (Wildman–Crippen MR) is 173 cm³/mol. The highest BCUT2D eigenvalue weighted by Crippen LogP contribution is 2.45. The average Bonchev–Trinajstić information content (AvgIpc) is 3.33. The molecule has 4 heterocycles. The van der Waals surface area contributed by atoms with Gasteiger partial charge in [-0.2, -0.15) is 0 Å². The third kappa shape index (κ3) is 6.20. The van der Waals surface area contributed by atoms with Crippen molar-refractivity contribution in [1.82, 2.24) is 20.2 Å². The summed E-state index contributed by atoms with van der Waals surface area (Å²) in [5.41, 5.74) is 1.82. The zero-order valence-corrected chi connectivity index (χ0v) is 27.4. The van der Waals surface area contributed by atoms with E-state index in [9.17, 15) is 19.5 Å². The summed E-state index contributed by atoms with van der Waals surface area (Å²) in [5, 5.41) is 16.4. The number of carboxylic acid groups (broad SMARTS) is 1. The molecule has 0 bridgehead atoms. The topological polar surface area (TPSA) is 140 Å². The van der Waals surface area contributed by atoms with Crippen LogP contribution in [0.3, 0.4) is 0 Å². The zero-order chi connectivity index (χ0) is 32.6. The predicted octanol–water partition coefficient (Wildman–Crippen LogP) is 4.86. The summed E-state index contributed by atoms with van der Waals surface area (Å²) in [6.45, 7) is 6.53. The summed E-state index contributed by atoms with van der Waals surface area (Å²) in [4.78, 5) is 50.7. The van der Waals surface area contributed by atoms with E-state index in [4.69, 9.17) is 24.2 Å². The number of hydrogen-bond donors (Lipinski definition) is 2. The maximum atomic E-state index is 13.7. The molecule has 11 nitrogen and oxygen atoms in total. The number of aryl methyl sites for hydroxylation is 1. The number of fused-ring (bicyclic) bond motifs is 3. The summed E-state index contributed by atoms with van der Waals surface area (Å²) in [6.07, 6.45) is 6.24. The van der Waals surface area contributed by atoms with E-state index >= 15 is 0 Å². The second kappa shape index (κ2) is 13.0. The Morgan fingerprint density at radius 2 is 2.04 bits per heavy atom. The number of nitrogens with zero attached hydrogens (tertiary/aromatic N) is 3. The number of aromatic nitrogens is 2. The first kappa shape index (κ1) is 31.9. The third-order valence-corrected chi connectivity index (χ3v) is 10.0. The molecule has 1 saturated carbocycles. The number of hydrogen-bond acceptors (Lipinski definition) is 9. The van der Waals surface area contributed by atoms with E-state index < -0.39 is 29.6 Å². The van der Waals surface area contributed by atoms with Crippen molar-refractivity contribution in [2.45, 2.75) is 76.5 Å². The lowest BCUT2D eigenvalue weighted by atomic mass is 10.1. The van der Waals surface area contributed by atoms with Crippen LogP contribution in [0.2, 0.25) is 0 Å². The number of carboxylic acids is 1. The molecule has 6 rings (SSSR count). The largest absolute Gasteiger partial charge is 0.496 e. The number of methoxy groups -OCH3 is 1. The summed E-state index contributed by atoms with van der Waals surface area (Å²) in [7, 11) is 1.62. The van der Waals surface area contributed by atoms with Gasteiger partial charge in [-0.3, -0.25) is 9.59 Å². The van der Waals surface area contributed by atoms with Gasteiger partial charge in [0.1, 0.15) is 46.5 Å². The van der Waals surface area contributed by atoms with Gasteiger partial charge < -0.3 is 29.5 Å². The van der Waals surface area contributed by atoms with Crippen molar-refractivity contribution in [2.75, 3.05) is 26.9 Å². The average molecular weight is 649 g/mol. The highest BCUT2D eigenvalue weighted by molar-refractivity contribution is 7.13. The van der Waals surface area contributed by atoms with Gasteiger partial charge in [0.05, 0.1) is 24.9 Å². The van der Waals surface area contributed by atoms with Crippen molar-refractivity contribution in [2.24, 2.45) is 5.92 Å². The van der Waals surface area contributed by atoms with Crippen LogP contribution >= 0.6 is 11.3 Å². The van der Waals surface area contributed by atoms with E-state index in [1.54, 1.807) is 7.11 Å². The molecule has 244 valence electrons. The Kier molecular flexibility index (Phi) is 9.02. The molecule has 0 radical (unpaired) electrons. The van der Waals surface area contributed by atoms with E-state index in [0.29, 0.717) is 35.7 Å². The molecular formula is C34H40N4O7S. The van der Waals surface area contributed by atoms with Crippen LogP contribution < -0.4 is 14.8 Å². The molecule has 46 heavy (non-hydrogen) atoms. The minimum absolute atomic E-state index is 0.146. The van der Waals surface area contributed by atoms with Crippen LogP contribution in [0.4, 0.5) is 0 Å². The van der Waals surface area contributed by atoms with Gasteiger partial charge in [-0.25, -0.2) is 14.8 Å². The Bertz CT molecular complexity index is 1690. The molecule has 1 saturated heterocycles. The normalized spacial score (nSPS) is 26.1. The first-order valence-electron chi connectivity index (χ1n) is 15.8. The second-order valence-electron chi connectivity index (χ2n) is 12.6. The van der Waals surface area contributed by atoms with E-state index in [2.05, 4.69) is 19.2 Å². The van der Waals surface area contributed by atoms with Crippen molar-refractivity contribution in [3.05, 3.63) is 47.0 Å². The van der Waals surface area contributed by atoms with Crippen LogP contribution in [0, 0.1) is 12.8 Å².